The van der Waals surface area contributed by atoms with Crippen LogP contribution in [0.2, 0.25) is 5.02 Å². The van der Waals surface area contributed by atoms with Crippen LogP contribution in [0.3, 0.4) is 0 Å². The molecular formula is C11H13BrClFO. The molecule has 0 fully saturated rings. The Kier molecular flexibility index (Phi) is 3.80. The first-order chi connectivity index (χ1) is 6.75. The third-order valence-corrected chi connectivity index (χ3v) is 3.57. The molecule has 1 rings (SSSR count). The van der Waals surface area contributed by atoms with E-state index in [0.29, 0.717) is 9.50 Å². The normalized spacial score (nSPS) is 14.1. The van der Waals surface area contributed by atoms with Gasteiger partial charge in [0.2, 0.25) is 0 Å². The highest BCUT2D eigenvalue weighted by molar-refractivity contribution is 9.10. The van der Waals surface area contributed by atoms with Crippen LogP contribution in [0.5, 0.6) is 0 Å². The fourth-order valence-electron chi connectivity index (χ4n) is 1.23. The highest BCUT2D eigenvalue weighted by Gasteiger charge is 2.29. The van der Waals surface area contributed by atoms with Crippen LogP contribution in [0, 0.1) is 11.2 Å². The summed E-state index contributed by atoms with van der Waals surface area (Å²) < 4.78 is 14.0. The summed E-state index contributed by atoms with van der Waals surface area (Å²) in [5.41, 5.74) is -0.219. The van der Waals surface area contributed by atoms with Gasteiger partial charge in [-0.05, 0) is 33.5 Å². The maximum absolute atomic E-state index is 13.6. The van der Waals surface area contributed by atoms with Gasteiger partial charge in [-0.3, -0.25) is 0 Å². The summed E-state index contributed by atoms with van der Waals surface area (Å²) >= 11 is 9.05. The molecule has 1 N–H and O–H groups in total. The van der Waals surface area contributed by atoms with Gasteiger partial charge < -0.3 is 5.11 Å². The summed E-state index contributed by atoms with van der Waals surface area (Å²) in [6.07, 6.45) is -0.898. The zero-order chi connectivity index (χ0) is 11.8. The highest BCUT2D eigenvalue weighted by atomic mass is 79.9. The fourth-order valence-corrected chi connectivity index (χ4v) is 1.93. The first kappa shape index (κ1) is 12.9. The molecule has 4 heteroatoms. The van der Waals surface area contributed by atoms with Gasteiger partial charge in [0.1, 0.15) is 5.82 Å². The van der Waals surface area contributed by atoms with Gasteiger partial charge in [0.05, 0.1) is 11.1 Å². The van der Waals surface area contributed by atoms with Crippen LogP contribution in [-0.2, 0) is 0 Å². The Bertz CT molecular complexity index is 374. The number of halogens is 3. The summed E-state index contributed by atoms with van der Waals surface area (Å²) in [6.45, 7) is 5.51. The van der Waals surface area contributed by atoms with E-state index < -0.39 is 17.3 Å². The van der Waals surface area contributed by atoms with Gasteiger partial charge in [0.15, 0.2) is 0 Å². The summed E-state index contributed by atoms with van der Waals surface area (Å²) in [4.78, 5) is 0. The number of hydrogen-bond donors (Lipinski definition) is 1. The van der Waals surface area contributed by atoms with Crippen LogP contribution in [0.1, 0.15) is 32.4 Å². The minimum Gasteiger partial charge on any atom is -0.388 e. The topological polar surface area (TPSA) is 20.2 Å². The summed E-state index contributed by atoms with van der Waals surface area (Å²) in [5, 5.41) is 10.4. The Labute approximate surface area is 102 Å². The van der Waals surface area contributed by atoms with Gasteiger partial charge in [-0.15, -0.1) is 0 Å². The Morgan fingerprint density at radius 2 is 1.93 bits per heavy atom. The molecule has 0 aliphatic rings. The molecule has 84 valence electrons. The molecule has 1 atom stereocenters. The lowest BCUT2D eigenvalue weighted by molar-refractivity contribution is 0.0588. The fraction of sp³-hybridized carbons (Fsp3) is 0.455. The van der Waals surface area contributed by atoms with Crippen molar-refractivity contribution in [2.24, 2.45) is 5.41 Å². The molecule has 1 aromatic rings. The Morgan fingerprint density at radius 1 is 1.40 bits per heavy atom. The third kappa shape index (κ3) is 2.71. The molecule has 0 aliphatic carbocycles. The molecule has 0 heterocycles. The lowest BCUT2D eigenvalue weighted by Gasteiger charge is -2.27. The van der Waals surface area contributed by atoms with Crippen LogP contribution in [0.25, 0.3) is 0 Å². The van der Waals surface area contributed by atoms with E-state index in [0.717, 1.165) is 0 Å². The molecule has 0 amide bonds. The van der Waals surface area contributed by atoms with E-state index in [1.165, 1.54) is 12.1 Å². The summed E-state index contributed by atoms with van der Waals surface area (Å²) in [6, 6.07) is 2.72. The monoisotopic (exact) mass is 294 g/mol. The van der Waals surface area contributed by atoms with Crippen LogP contribution in [-0.4, -0.2) is 5.11 Å². The van der Waals surface area contributed by atoms with Gasteiger partial charge in [0, 0.05) is 10.0 Å². The number of hydrogen-bond acceptors (Lipinski definition) is 1. The molecule has 0 spiro atoms. The van der Waals surface area contributed by atoms with Crippen molar-refractivity contribution in [2.75, 3.05) is 0 Å². The molecule has 0 radical (unpaired) electrons. The van der Waals surface area contributed by atoms with Crippen LogP contribution >= 0.6 is 27.5 Å². The van der Waals surface area contributed by atoms with E-state index in [1.54, 1.807) is 0 Å². The molecular weight excluding hydrogens is 282 g/mol. The molecule has 1 unspecified atom stereocenters. The first-order valence-electron chi connectivity index (χ1n) is 4.56. The van der Waals surface area contributed by atoms with E-state index in [-0.39, 0.29) is 5.56 Å². The minimum absolute atomic E-state index is 0.218. The molecule has 0 aromatic heterocycles. The number of aliphatic hydroxyl groups excluding tert-OH is 1. The largest absolute Gasteiger partial charge is 0.388 e. The van der Waals surface area contributed by atoms with Crippen molar-refractivity contribution in [1.29, 1.82) is 0 Å². The van der Waals surface area contributed by atoms with Gasteiger partial charge >= 0.3 is 0 Å². The van der Waals surface area contributed by atoms with Crippen LogP contribution in [0.15, 0.2) is 16.6 Å². The molecule has 15 heavy (non-hydrogen) atoms. The molecule has 1 aromatic carbocycles. The second-order valence-electron chi connectivity index (χ2n) is 4.53. The van der Waals surface area contributed by atoms with Crippen molar-refractivity contribution in [3.05, 3.63) is 33.0 Å². The highest BCUT2D eigenvalue weighted by Crippen LogP contribution is 2.40. The van der Waals surface area contributed by atoms with E-state index in [2.05, 4.69) is 15.9 Å². The van der Waals surface area contributed by atoms with Crippen molar-refractivity contribution in [2.45, 2.75) is 26.9 Å². The Balaban J connectivity index is 3.31. The van der Waals surface area contributed by atoms with Crippen molar-refractivity contribution in [1.82, 2.24) is 0 Å². The standard InChI is InChI=1S/C11H13BrClFO/c1-11(2,3)10(15)8-7(14)5-4-6(13)9(8)12/h4-5,10,15H,1-3H3. The second-order valence-corrected chi connectivity index (χ2v) is 5.73. The first-order valence-corrected chi connectivity index (χ1v) is 5.73. The van der Waals surface area contributed by atoms with E-state index in [1.807, 2.05) is 20.8 Å². The van der Waals surface area contributed by atoms with Gasteiger partial charge in [-0.1, -0.05) is 32.4 Å². The molecule has 0 saturated carbocycles. The quantitative estimate of drug-likeness (QED) is 0.765. The molecule has 0 bridgehead atoms. The predicted octanol–water partition coefficient (Wildman–Crippen LogP) is 4.32. The lowest BCUT2D eigenvalue weighted by atomic mass is 9.84. The van der Waals surface area contributed by atoms with E-state index in [9.17, 15) is 9.50 Å². The minimum atomic E-state index is -0.898. The van der Waals surface area contributed by atoms with Crippen molar-refractivity contribution in [3.8, 4) is 0 Å². The van der Waals surface area contributed by atoms with Gasteiger partial charge in [-0.2, -0.15) is 0 Å². The third-order valence-electron chi connectivity index (χ3n) is 2.17. The summed E-state index contributed by atoms with van der Waals surface area (Å²) in [7, 11) is 0. The molecule has 0 saturated heterocycles. The Morgan fingerprint density at radius 3 is 2.40 bits per heavy atom. The smallest absolute Gasteiger partial charge is 0.130 e. The number of aliphatic hydroxyl groups is 1. The van der Waals surface area contributed by atoms with Crippen LogP contribution in [0.4, 0.5) is 4.39 Å². The summed E-state index contributed by atoms with van der Waals surface area (Å²) in [5.74, 6) is -0.450. The SMILES string of the molecule is CC(C)(C)C(O)c1c(F)ccc(Cl)c1Br. The zero-order valence-electron chi connectivity index (χ0n) is 8.81. The zero-order valence-corrected chi connectivity index (χ0v) is 11.2. The van der Waals surface area contributed by atoms with Crippen molar-refractivity contribution < 1.29 is 9.50 Å². The predicted molar refractivity (Wildman–Crippen MR) is 63.5 cm³/mol. The molecule has 1 nitrogen and oxygen atoms in total. The van der Waals surface area contributed by atoms with E-state index >= 15 is 0 Å². The molecule has 0 aliphatic heterocycles. The average Bonchev–Trinajstić information content (AvgIpc) is 2.10. The van der Waals surface area contributed by atoms with Crippen LogP contribution < -0.4 is 0 Å². The average molecular weight is 296 g/mol. The van der Waals surface area contributed by atoms with Crippen molar-refractivity contribution >= 4 is 27.5 Å². The maximum atomic E-state index is 13.6. The van der Waals surface area contributed by atoms with Crippen molar-refractivity contribution in [3.63, 3.8) is 0 Å². The second kappa shape index (κ2) is 4.40. The van der Waals surface area contributed by atoms with E-state index in [4.69, 9.17) is 11.6 Å². The van der Waals surface area contributed by atoms with Gasteiger partial charge in [0.25, 0.3) is 0 Å². The Hall–Kier alpha value is -0.120. The lowest BCUT2D eigenvalue weighted by Crippen LogP contribution is -2.19. The number of benzene rings is 1. The van der Waals surface area contributed by atoms with Gasteiger partial charge in [-0.25, -0.2) is 4.39 Å². The number of rotatable bonds is 1. The maximum Gasteiger partial charge on any atom is 0.130 e.